The third-order valence-electron chi connectivity index (χ3n) is 4.15. The van der Waals surface area contributed by atoms with Crippen LogP contribution < -0.4 is 4.90 Å². The molecule has 22 heavy (non-hydrogen) atoms. The molecule has 0 amide bonds. The number of piperidine rings is 1. The van der Waals surface area contributed by atoms with Crippen LogP contribution in [0.1, 0.15) is 12.8 Å². The number of nitrogens with zero attached hydrogens (tertiary/aromatic N) is 4. The summed E-state index contributed by atoms with van der Waals surface area (Å²) in [5, 5.41) is 15.0. The molecule has 114 valence electrons. The Morgan fingerprint density at radius 3 is 2.91 bits per heavy atom. The second-order valence-electron chi connectivity index (χ2n) is 5.74. The normalized spacial score (nSPS) is 19.0. The van der Waals surface area contributed by atoms with Crippen LogP contribution in [0.15, 0.2) is 36.5 Å². The lowest BCUT2D eigenvalue weighted by atomic mass is 10.00. The average Bonchev–Trinajstić information content (AvgIpc) is 3.14. The zero-order valence-corrected chi connectivity index (χ0v) is 13.0. The molecule has 1 atom stereocenters. The van der Waals surface area contributed by atoms with E-state index in [9.17, 15) is 5.11 Å². The maximum Gasteiger partial charge on any atom is 0.214 e. The number of fused-ring (bicyclic) bond motifs is 1. The first kappa shape index (κ1) is 13.7. The minimum absolute atomic E-state index is 0.261. The fourth-order valence-electron chi connectivity index (χ4n) is 2.95. The molecule has 0 bridgehead atoms. The van der Waals surface area contributed by atoms with Gasteiger partial charge < -0.3 is 10.0 Å². The van der Waals surface area contributed by atoms with Crippen LogP contribution in [0.25, 0.3) is 16.2 Å². The van der Waals surface area contributed by atoms with Crippen molar-refractivity contribution in [3.63, 3.8) is 0 Å². The van der Waals surface area contributed by atoms with Crippen molar-refractivity contribution in [3.05, 3.63) is 36.5 Å². The highest BCUT2D eigenvalue weighted by Crippen LogP contribution is 2.29. The summed E-state index contributed by atoms with van der Waals surface area (Å²) in [5.74, 6) is 0.366. The summed E-state index contributed by atoms with van der Waals surface area (Å²) in [4.78, 5) is 7.87. The van der Waals surface area contributed by atoms with Crippen molar-refractivity contribution in [1.29, 1.82) is 0 Å². The van der Waals surface area contributed by atoms with Crippen molar-refractivity contribution in [2.45, 2.75) is 12.8 Å². The minimum atomic E-state index is 0.261. The molecule has 6 heteroatoms. The molecular formula is C16H18N4OS. The summed E-state index contributed by atoms with van der Waals surface area (Å²) in [6.07, 6.45) is 4.20. The van der Waals surface area contributed by atoms with Gasteiger partial charge in [-0.1, -0.05) is 41.7 Å². The molecule has 4 rings (SSSR count). The van der Waals surface area contributed by atoms with Gasteiger partial charge in [-0.3, -0.25) is 0 Å². The molecule has 3 aromatic rings. The van der Waals surface area contributed by atoms with Crippen LogP contribution in [-0.4, -0.2) is 39.4 Å². The van der Waals surface area contributed by atoms with Crippen LogP contribution in [-0.2, 0) is 0 Å². The zero-order valence-electron chi connectivity index (χ0n) is 12.2. The Bertz CT molecular complexity index is 735. The molecule has 0 saturated carbocycles. The standard InChI is InChI=1S/C16H18N4OS/c21-11-12-5-4-8-19(9-12)16-18-20-10-14(17-15(20)22-16)13-6-2-1-3-7-13/h1-3,6-7,10,12,21H,4-5,8-9,11H2. The highest BCUT2D eigenvalue weighted by molar-refractivity contribution is 7.20. The maximum atomic E-state index is 9.36. The van der Waals surface area contributed by atoms with Crippen molar-refractivity contribution in [1.82, 2.24) is 14.6 Å². The Balaban J connectivity index is 1.61. The number of imidazole rings is 1. The first-order chi connectivity index (χ1) is 10.8. The van der Waals surface area contributed by atoms with Gasteiger partial charge in [-0.25, -0.2) is 9.50 Å². The minimum Gasteiger partial charge on any atom is -0.396 e. The lowest BCUT2D eigenvalue weighted by molar-refractivity contribution is 0.208. The maximum absolute atomic E-state index is 9.36. The fraction of sp³-hybridized carbons (Fsp3) is 0.375. The molecule has 1 unspecified atom stereocenters. The summed E-state index contributed by atoms with van der Waals surface area (Å²) in [5.41, 5.74) is 2.07. The monoisotopic (exact) mass is 314 g/mol. The molecule has 2 aromatic heterocycles. The lowest BCUT2D eigenvalue weighted by Crippen LogP contribution is -2.36. The van der Waals surface area contributed by atoms with E-state index in [2.05, 4.69) is 27.1 Å². The van der Waals surface area contributed by atoms with Gasteiger partial charge in [0.1, 0.15) is 0 Å². The second-order valence-corrected chi connectivity index (χ2v) is 6.68. The predicted octanol–water partition coefficient (Wildman–Crippen LogP) is 2.67. The van der Waals surface area contributed by atoms with Crippen LogP contribution in [0.5, 0.6) is 0 Å². The number of aromatic nitrogens is 3. The predicted molar refractivity (Wildman–Crippen MR) is 88.3 cm³/mol. The number of hydrogen-bond donors (Lipinski definition) is 1. The van der Waals surface area contributed by atoms with Gasteiger partial charge >= 0.3 is 0 Å². The molecule has 3 heterocycles. The Morgan fingerprint density at radius 1 is 1.27 bits per heavy atom. The number of anilines is 1. The van der Waals surface area contributed by atoms with Crippen LogP contribution >= 0.6 is 11.3 Å². The summed E-state index contributed by atoms with van der Waals surface area (Å²) in [6.45, 7) is 2.16. The number of aliphatic hydroxyl groups is 1. The molecule has 1 fully saturated rings. The average molecular weight is 314 g/mol. The Kier molecular flexibility index (Phi) is 3.56. The molecular weight excluding hydrogens is 296 g/mol. The fourth-order valence-corrected chi connectivity index (χ4v) is 3.87. The van der Waals surface area contributed by atoms with Gasteiger partial charge in [-0.05, 0) is 18.8 Å². The van der Waals surface area contributed by atoms with E-state index in [1.165, 1.54) is 0 Å². The molecule has 0 aliphatic carbocycles. The summed E-state index contributed by atoms with van der Waals surface area (Å²) in [7, 11) is 0. The molecule has 1 aliphatic rings. The van der Waals surface area contributed by atoms with Crippen molar-refractivity contribution in [3.8, 4) is 11.3 Å². The van der Waals surface area contributed by atoms with E-state index in [0.29, 0.717) is 5.92 Å². The Hall–Kier alpha value is -1.92. The molecule has 0 spiro atoms. The number of aliphatic hydroxyl groups excluding tert-OH is 1. The van der Waals surface area contributed by atoms with E-state index in [4.69, 9.17) is 0 Å². The van der Waals surface area contributed by atoms with Gasteiger partial charge in [0.25, 0.3) is 0 Å². The second kappa shape index (κ2) is 5.70. The summed E-state index contributed by atoms with van der Waals surface area (Å²) >= 11 is 1.62. The number of benzene rings is 1. The Labute approximate surface area is 132 Å². The van der Waals surface area contributed by atoms with Gasteiger partial charge in [0, 0.05) is 25.3 Å². The first-order valence-electron chi connectivity index (χ1n) is 7.61. The molecule has 1 saturated heterocycles. The highest BCUT2D eigenvalue weighted by Gasteiger charge is 2.22. The third-order valence-corrected chi connectivity index (χ3v) is 5.13. The van der Waals surface area contributed by atoms with Gasteiger partial charge in [-0.2, -0.15) is 0 Å². The van der Waals surface area contributed by atoms with E-state index >= 15 is 0 Å². The zero-order chi connectivity index (χ0) is 14.9. The van der Waals surface area contributed by atoms with E-state index in [-0.39, 0.29) is 6.61 Å². The first-order valence-corrected chi connectivity index (χ1v) is 8.42. The molecule has 0 radical (unpaired) electrons. The molecule has 1 N–H and O–H groups in total. The van der Waals surface area contributed by atoms with Crippen LogP contribution in [0.3, 0.4) is 0 Å². The smallest absolute Gasteiger partial charge is 0.214 e. The van der Waals surface area contributed by atoms with Crippen LogP contribution in [0.2, 0.25) is 0 Å². The van der Waals surface area contributed by atoms with Crippen LogP contribution in [0.4, 0.5) is 5.13 Å². The van der Waals surface area contributed by atoms with E-state index in [0.717, 1.165) is 47.3 Å². The molecule has 1 aromatic carbocycles. The van der Waals surface area contributed by atoms with Gasteiger partial charge in [0.2, 0.25) is 10.1 Å². The number of hydrogen-bond acceptors (Lipinski definition) is 5. The van der Waals surface area contributed by atoms with Gasteiger partial charge in [-0.15, -0.1) is 5.10 Å². The number of rotatable bonds is 3. The summed E-state index contributed by atoms with van der Waals surface area (Å²) < 4.78 is 1.87. The molecule has 5 nitrogen and oxygen atoms in total. The Morgan fingerprint density at radius 2 is 2.14 bits per heavy atom. The van der Waals surface area contributed by atoms with Crippen LogP contribution in [0, 0.1) is 5.92 Å². The van der Waals surface area contributed by atoms with Crippen molar-refractivity contribution in [2.75, 3.05) is 24.6 Å². The highest BCUT2D eigenvalue weighted by atomic mass is 32.1. The van der Waals surface area contributed by atoms with Gasteiger partial charge in [0.05, 0.1) is 11.9 Å². The molecule has 1 aliphatic heterocycles. The topological polar surface area (TPSA) is 53.7 Å². The van der Waals surface area contributed by atoms with E-state index in [1.807, 2.05) is 28.9 Å². The van der Waals surface area contributed by atoms with Gasteiger partial charge in [0.15, 0.2) is 0 Å². The van der Waals surface area contributed by atoms with Crippen molar-refractivity contribution >= 4 is 21.4 Å². The van der Waals surface area contributed by atoms with E-state index < -0.39 is 0 Å². The third kappa shape index (κ3) is 2.48. The van der Waals surface area contributed by atoms with Crippen molar-refractivity contribution < 1.29 is 5.11 Å². The quantitative estimate of drug-likeness (QED) is 0.807. The van der Waals surface area contributed by atoms with Crippen molar-refractivity contribution in [2.24, 2.45) is 5.92 Å². The largest absolute Gasteiger partial charge is 0.396 e. The lowest BCUT2D eigenvalue weighted by Gasteiger charge is -2.31. The summed E-state index contributed by atoms with van der Waals surface area (Å²) in [6, 6.07) is 10.2. The SMILES string of the molecule is OCC1CCCN(c2nn3cc(-c4ccccc4)nc3s2)C1. The van der Waals surface area contributed by atoms with E-state index in [1.54, 1.807) is 11.3 Å².